The molecule has 0 saturated carbocycles. The molecule has 12 nitrogen and oxygen atoms in total. The van der Waals surface area contributed by atoms with Crippen molar-refractivity contribution in [3.8, 4) is 33.8 Å². The van der Waals surface area contributed by atoms with Crippen molar-refractivity contribution in [1.82, 2.24) is 33.9 Å². The first-order chi connectivity index (χ1) is 22.3. The molecule has 17 heteroatoms. The van der Waals surface area contributed by atoms with Gasteiger partial charge in [0.25, 0.3) is 5.56 Å². The third kappa shape index (κ3) is 7.55. The zero-order chi connectivity index (χ0) is 33.9. The topological polar surface area (TPSA) is 158 Å². The molecule has 4 aromatic heterocycles. The Morgan fingerprint density at radius 3 is 2.53 bits per heavy atom. The van der Waals surface area contributed by atoms with Crippen LogP contribution in [0, 0.1) is 5.92 Å². The predicted octanol–water partition coefficient (Wildman–Crippen LogP) is 5.86. The maximum absolute atomic E-state index is 13.7. The normalized spacial score (nSPS) is 16.5. The van der Waals surface area contributed by atoms with E-state index in [2.05, 4.69) is 30.0 Å². The van der Waals surface area contributed by atoms with Crippen LogP contribution in [0.4, 0.5) is 18.9 Å². The average Bonchev–Trinajstić information content (AvgIpc) is 3.69. The van der Waals surface area contributed by atoms with E-state index in [4.69, 9.17) is 21.5 Å². The quantitative estimate of drug-likeness (QED) is 0.237. The Kier molecular flexibility index (Phi) is 9.81. The molecule has 47 heavy (non-hydrogen) atoms. The van der Waals surface area contributed by atoms with Gasteiger partial charge in [0.2, 0.25) is 5.91 Å². The fourth-order valence-corrected chi connectivity index (χ4v) is 5.74. The zero-order valence-electron chi connectivity index (χ0n) is 24.8. The maximum atomic E-state index is 13.7. The molecule has 0 spiro atoms. The number of pyridine rings is 1. The lowest BCUT2D eigenvalue weighted by atomic mass is 9.97. The van der Waals surface area contributed by atoms with Crippen LogP contribution in [0.1, 0.15) is 37.9 Å². The van der Waals surface area contributed by atoms with Gasteiger partial charge in [-0.05, 0) is 48.6 Å². The van der Waals surface area contributed by atoms with E-state index in [1.807, 2.05) is 37.6 Å². The highest BCUT2D eigenvalue weighted by atomic mass is 35.5. The molecule has 6 rings (SSSR count). The van der Waals surface area contributed by atoms with E-state index in [1.165, 1.54) is 17.6 Å². The molecule has 0 radical (unpaired) electrons. The van der Waals surface area contributed by atoms with Crippen molar-refractivity contribution in [2.45, 2.75) is 38.4 Å². The molecule has 5 aromatic rings. The summed E-state index contributed by atoms with van der Waals surface area (Å²) in [4.78, 5) is 44.8. The molecule has 2 N–H and O–H groups in total. The number of aromatic nitrogens is 7. The van der Waals surface area contributed by atoms with Gasteiger partial charge in [-0.1, -0.05) is 35.5 Å². The van der Waals surface area contributed by atoms with Crippen molar-refractivity contribution in [2.75, 3.05) is 5.32 Å². The van der Waals surface area contributed by atoms with Crippen molar-refractivity contribution in [3.63, 3.8) is 0 Å². The van der Waals surface area contributed by atoms with Gasteiger partial charge in [-0.15, -0.1) is 5.10 Å². The Bertz CT molecular complexity index is 1980. The highest BCUT2D eigenvalue weighted by molar-refractivity contribution is 7.03. The number of benzene rings is 1. The average molecular weight is 687 g/mol. The molecule has 5 heterocycles. The fraction of sp³-hybridized carbons (Fsp3) is 0.267. The highest BCUT2D eigenvalue weighted by Gasteiger charge is 2.38. The van der Waals surface area contributed by atoms with E-state index >= 15 is 0 Å². The number of fused-ring (bicyclic) bond motifs is 4. The number of aliphatic carboxylic acids is 1. The Morgan fingerprint density at radius 1 is 1.09 bits per heavy atom. The second-order valence-corrected chi connectivity index (χ2v) is 11.7. The molecular formula is C30H26ClF3N8O4S. The molecule has 2 bridgehead atoms. The van der Waals surface area contributed by atoms with Gasteiger partial charge in [0, 0.05) is 52.3 Å². The molecule has 1 aromatic carbocycles. The second kappa shape index (κ2) is 13.8. The lowest BCUT2D eigenvalue weighted by Crippen LogP contribution is -2.27. The zero-order valence-corrected chi connectivity index (χ0v) is 26.3. The molecule has 0 aliphatic carbocycles. The first-order valence-electron chi connectivity index (χ1n) is 14.1. The summed E-state index contributed by atoms with van der Waals surface area (Å²) in [6.07, 6.45) is 1.85. The number of nitrogens with one attached hydrogen (secondary N) is 1. The van der Waals surface area contributed by atoms with Gasteiger partial charge >= 0.3 is 12.1 Å². The number of rotatable bonds is 3. The van der Waals surface area contributed by atoms with Crippen LogP contribution in [0.3, 0.4) is 0 Å². The second-order valence-electron chi connectivity index (χ2n) is 10.6. The van der Waals surface area contributed by atoms with Crippen molar-refractivity contribution in [2.24, 2.45) is 13.0 Å². The summed E-state index contributed by atoms with van der Waals surface area (Å²) in [5, 5.41) is 21.1. The molecule has 1 aliphatic rings. The van der Waals surface area contributed by atoms with Gasteiger partial charge in [-0.3, -0.25) is 23.8 Å². The monoisotopic (exact) mass is 686 g/mol. The largest absolute Gasteiger partial charge is 0.490 e. The molecule has 0 fully saturated rings. The van der Waals surface area contributed by atoms with Gasteiger partial charge in [0.05, 0.1) is 41.3 Å². The van der Waals surface area contributed by atoms with Crippen LogP contribution < -0.4 is 10.9 Å². The molecule has 1 amide bonds. The molecular weight excluding hydrogens is 661 g/mol. The van der Waals surface area contributed by atoms with Gasteiger partial charge in [0.15, 0.2) is 0 Å². The number of carboxylic acids is 1. The predicted molar refractivity (Wildman–Crippen MR) is 168 cm³/mol. The number of halogens is 4. The number of aryl methyl sites for hydroxylation is 1. The van der Waals surface area contributed by atoms with Crippen molar-refractivity contribution in [1.29, 1.82) is 0 Å². The van der Waals surface area contributed by atoms with E-state index < -0.39 is 12.1 Å². The lowest BCUT2D eigenvalue weighted by Gasteiger charge is -2.22. The van der Waals surface area contributed by atoms with Crippen LogP contribution in [0.25, 0.3) is 33.8 Å². The number of alkyl halides is 3. The first kappa shape index (κ1) is 33.4. The summed E-state index contributed by atoms with van der Waals surface area (Å²) >= 11 is 7.57. The first-order valence-corrected chi connectivity index (χ1v) is 15.3. The summed E-state index contributed by atoms with van der Waals surface area (Å²) < 4.78 is 39.0. The van der Waals surface area contributed by atoms with Crippen molar-refractivity contribution >= 4 is 40.7 Å². The van der Waals surface area contributed by atoms with Gasteiger partial charge < -0.3 is 10.4 Å². The summed E-state index contributed by atoms with van der Waals surface area (Å²) in [6.45, 7) is 1.91. The minimum atomic E-state index is -5.08. The smallest absolute Gasteiger partial charge is 0.475 e. The highest BCUT2D eigenvalue weighted by Crippen LogP contribution is 2.34. The maximum Gasteiger partial charge on any atom is 0.490 e. The number of hydrogen-bond donors (Lipinski definition) is 2. The third-order valence-corrected chi connectivity index (χ3v) is 8.20. The third-order valence-electron chi connectivity index (χ3n) is 7.46. The molecule has 1 aliphatic heterocycles. The Morgan fingerprint density at radius 2 is 1.85 bits per heavy atom. The van der Waals surface area contributed by atoms with Crippen LogP contribution in [0.2, 0.25) is 5.02 Å². The van der Waals surface area contributed by atoms with Crippen molar-refractivity contribution < 1.29 is 27.9 Å². The van der Waals surface area contributed by atoms with Gasteiger partial charge in [-0.2, -0.15) is 18.3 Å². The summed E-state index contributed by atoms with van der Waals surface area (Å²) in [5.41, 5.74) is 5.45. The van der Waals surface area contributed by atoms with Crippen LogP contribution in [0.5, 0.6) is 0 Å². The minimum Gasteiger partial charge on any atom is -0.475 e. The van der Waals surface area contributed by atoms with E-state index in [9.17, 15) is 22.8 Å². The Hall–Kier alpha value is -4.96. The number of amides is 1. The van der Waals surface area contributed by atoms with Crippen LogP contribution >= 0.6 is 23.1 Å². The van der Waals surface area contributed by atoms with Gasteiger partial charge in [-0.25, -0.2) is 9.78 Å². The van der Waals surface area contributed by atoms with Crippen LogP contribution in [-0.4, -0.2) is 57.1 Å². The number of nitrogens with zero attached hydrogens (tertiary/aromatic N) is 7. The summed E-state index contributed by atoms with van der Waals surface area (Å²) in [5.74, 6) is -3.03. The summed E-state index contributed by atoms with van der Waals surface area (Å²) in [7, 11) is 1.83. The van der Waals surface area contributed by atoms with E-state index in [1.54, 1.807) is 40.1 Å². The molecule has 2 atom stereocenters. The van der Waals surface area contributed by atoms with Crippen LogP contribution in [-0.2, 0) is 16.6 Å². The number of carbonyl (C=O) groups is 2. The van der Waals surface area contributed by atoms with Crippen molar-refractivity contribution in [3.05, 3.63) is 81.6 Å². The van der Waals surface area contributed by atoms with Crippen LogP contribution in [0.15, 0.2) is 65.3 Å². The standard InChI is InChI=1S/C28H25ClN8O2S.C2HF3O2/c1-16-4-3-5-25(22-10-17(8-9-30-22)27-23(33-28(16)39)13-32-36(27)2)37-15-31-21(12-26(37)38)20-11-18(29)6-7-19(20)24-14-40-35-34-24;3-2(4,5)1(6)7/h6-16,25H,3-5H2,1-2H3,(H,33,39);(H,6,7)/t16-,25+;/m1./s1. The molecule has 0 unspecified atom stereocenters. The summed E-state index contributed by atoms with van der Waals surface area (Å²) in [6, 6.07) is 10.4. The Balaban J connectivity index is 0.000000559. The molecule has 244 valence electrons. The van der Waals surface area contributed by atoms with E-state index in [0.29, 0.717) is 46.9 Å². The minimum absolute atomic E-state index is 0.0588. The number of carbonyl (C=O) groups excluding carboxylic acids is 1. The van der Waals surface area contributed by atoms with Gasteiger partial charge in [0.1, 0.15) is 5.69 Å². The SMILES string of the molecule is C[C@@H]1CCC[C@H](n2cnc(-c3cc(Cl)ccc3-c3csnn3)cc2=O)c2cc(ccn2)-c2c(cnn2C)NC1=O.O=C(O)C(F)(F)F. The van der Waals surface area contributed by atoms with E-state index in [0.717, 1.165) is 22.5 Å². The molecule has 0 saturated heterocycles. The lowest BCUT2D eigenvalue weighted by molar-refractivity contribution is -0.192. The number of anilines is 1. The fourth-order valence-electron chi connectivity index (χ4n) is 5.11. The Labute approximate surface area is 274 Å². The number of hydrogen-bond acceptors (Lipinski definition) is 9. The van der Waals surface area contributed by atoms with E-state index in [-0.39, 0.29) is 23.4 Å². The number of carboxylic acid groups (broad SMARTS) is 1.